The summed E-state index contributed by atoms with van der Waals surface area (Å²) in [6.45, 7) is 3.93. The molecule has 0 amide bonds. The van der Waals surface area contributed by atoms with Gasteiger partial charge in [0.25, 0.3) is 0 Å². The van der Waals surface area contributed by atoms with Crippen molar-refractivity contribution in [1.29, 1.82) is 0 Å². The Morgan fingerprint density at radius 3 is 2.61 bits per heavy atom. The topological polar surface area (TPSA) is 73.4 Å². The number of aromatic nitrogens is 2. The fraction of sp³-hybridized carbons (Fsp3) is 0.222. The van der Waals surface area contributed by atoms with E-state index in [0.29, 0.717) is 11.0 Å². The Bertz CT molecular complexity index is 1430. The summed E-state index contributed by atoms with van der Waals surface area (Å²) >= 11 is 1.30. The Balaban J connectivity index is 1.69. The van der Waals surface area contributed by atoms with Gasteiger partial charge in [-0.15, -0.1) is 0 Å². The van der Waals surface area contributed by atoms with E-state index < -0.39 is 23.0 Å². The predicted molar refractivity (Wildman–Crippen MR) is 145 cm³/mol. The number of nitrogens with one attached hydrogen (secondary N) is 2. The molecule has 6 nitrogen and oxygen atoms in total. The van der Waals surface area contributed by atoms with Crippen LogP contribution in [0.2, 0.25) is 0 Å². The second-order valence-corrected chi connectivity index (χ2v) is 9.16. The van der Waals surface area contributed by atoms with E-state index in [1.54, 1.807) is 19.3 Å². The van der Waals surface area contributed by atoms with Crippen molar-refractivity contribution in [2.45, 2.75) is 20.3 Å². The average Bonchev–Trinajstić information content (AvgIpc) is 3.32. The van der Waals surface area contributed by atoms with E-state index in [1.807, 2.05) is 50.1 Å². The highest BCUT2D eigenvalue weighted by molar-refractivity contribution is 8.00. The van der Waals surface area contributed by atoms with Crippen molar-refractivity contribution in [1.82, 2.24) is 9.97 Å². The van der Waals surface area contributed by atoms with Gasteiger partial charge in [-0.1, -0.05) is 31.0 Å². The molecular weight excluding hydrogens is 480 g/mol. The number of hydrogen-bond donors (Lipinski definition) is 2. The van der Waals surface area contributed by atoms with Crippen molar-refractivity contribution >= 4 is 46.0 Å². The molecule has 2 N–H and O–H groups in total. The normalized spacial score (nSPS) is 11.7. The van der Waals surface area contributed by atoms with Crippen LogP contribution in [0.15, 0.2) is 59.9 Å². The van der Waals surface area contributed by atoms with E-state index in [-0.39, 0.29) is 11.3 Å². The minimum absolute atomic E-state index is 0.0743. The molecule has 2 heterocycles. The number of H-pyrrole nitrogens is 1. The molecule has 2 aromatic heterocycles. The zero-order chi connectivity index (χ0) is 25.8. The maximum absolute atomic E-state index is 15.2. The Labute approximate surface area is 213 Å². The van der Waals surface area contributed by atoms with Gasteiger partial charge in [0.2, 0.25) is 5.78 Å². The van der Waals surface area contributed by atoms with E-state index in [2.05, 4.69) is 19.7 Å². The van der Waals surface area contributed by atoms with Crippen LogP contribution < -0.4 is 9.62 Å². The standard InChI is InChI=1S/C27H27F2N5OS/c1-5-12-36-33-23-11-10-22(28)24(25(23)29)26(35)21-15-32-27-20(21)13-18(14-31-27)17-6-8-19(9-7-17)34(4)16(2)30-3/h6-11,13-15,33H,5,12H2,1-4H3,(H,31,32). The van der Waals surface area contributed by atoms with E-state index in [1.165, 1.54) is 24.2 Å². The zero-order valence-corrected chi connectivity index (χ0v) is 21.3. The van der Waals surface area contributed by atoms with Crippen LogP contribution in [0, 0.1) is 11.6 Å². The lowest BCUT2D eigenvalue weighted by atomic mass is 9.99. The number of rotatable bonds is 8. The van der Waals surface area contributed by atoms with Gasteiger partial charge in [0.05, 0.1) is 17.1 Å². The van der Waals surface area contributed by atoms with Gasteiger partial charge >= 0.3 is 0 Å². The summed E-state index contributed by atoms with van der Waals surface area (Å²) < 4.78 is 32.7. The van der Waals surface area contributed by atoms with Gasteiger partial charge in [-0.2, -0.15) is 0 Å². The summed E-state index contributed by atoms with van der Waals surface area (Å²) in [4.78, 5) is 26.9. The lowest BCUT2D eigenvalue weighted by molar-refractivity contribution is 0.103. The monoisotopic (exact) mass is 507 g/mol. The summed E-state index contributed by atoms with van der Waals surface area (Å²) in [6, 6.07) is 12.1. The number of hydrogen-bond acceptors (Lipinski definition) is 5. The van der Waals surface area contributed by atoms with E-state index in [4.69, 9.17) is 0 Å². The second kappa shape index (κ2) is 10.9. The molecule has 0 aliphatic heterocycles. The summed E-state index contributed by atoms with van der Waals surface area (Å²) in [6.07, 6.45) is 4.03. The van der Waals surface area contributed by atoms with Gasteiger partial charge in [0.1, 0.15) is 11.5 Å². The number of carbonyl (C=O) groups is 1. The molecule has 0 atom stereocenters. The Kier molecular flexibility index (Phi) is 7.69. The molecule has 9 heteroatoms. The first-order chi connectivity index (χ1) is 17.3. The van der Waals surface area contributed by atoms with Crippen molar-refractivity contribution < 1.29 is 13.6 Å². The van der Waals surface area contributed by atoms with Crippen molar-refractivity contribution in [3.05, 3.63) is 77.6 Å². The number of nitrogens with zero attached hydrogens (tertiary/aromatic N) is 3. The highest BCUT2D eigenvalue weighted by Crippen LogP contribution is 2.30. The number of carbonyl (C=O) groups excluding carboxylic acids is 1. The number of halogens is 2. The van der Waals surface area contributed by atoms with Gasteiger partial charge in [0, 0.05) is 54.4 Å². The molecule has 2 aromatic carbocycles. The first-order valence-electron chi connectivity index (χ1n) is 11.5. The number of pyridine rings is 1. The quantitative estimate of drug-likeness (QED) is 0.0913. The number of amidine groups is 1. The van der Waals surface area contributed by atoms with Crippen LogP contribution in [0.5, 0.6) is 0 Å². The van der Waals surface area contributed by atoms with Crippen LogP contribution in [0.3, 0.4) is 0 Å². The first-order valence-corrected chi connectivity index (χ1v) is 12.5. The van der Waals surface area contributed by atoms with Crippen LogP contribution in [0.1, 0.15) is 36.2 Å². The third kappa shape index (κ3) is 4.97. The Morgan fingerprint density at radius 2 is 1.92 bits per heavy atom. The molecule has 0 fully saturated rings. The fourth-order valence-electron chi connectivity index (χ4n) is 3.77. The molecule has 0 aliphatic carbocycles. The van der Waals surface area contributed by atoms with Gasteiger partial charge in [0.15, 0.2) is 5.82 Å². The van der Waals surface area contributed by atoms with Crippen LogP contribution in [-0.2, 0) is 0 Å². The molecular formula is C27H27F2N5OS. The smallest absolute Gasteiger partial charge is 0.201 e. The van der Waals surface area contributed by atoms with Crippen LogP contribution in [0.25, 0.3) is 22.2 Å². The lowest BCUT2D eigenvalue weighted by Crippen LogP contribution is -2.23. The zero-order valence-electron chi connectivity index (χ0n) is 20.5. The van der Waals surface area contributed by atoms with Crippen molar-refractivity contribution in [2.24, 2.45) is 4.99 Å². The highest BCUT2D eigenvalue weighted by atomic mass is 32.2. The number of anilines is 2. The molecule has 0 saturated heterocycles. The molecule has 0 bridgehead atoms. The minimum Gasteiger partial charge on any atom is -0.345 e. The van der Waals surface area contributed by atoms with Crippen LogP contribution in [0.4, 0.5) is 20.2 Å². The molecule has 4 rings (SSSR count). The SMILES string of the molecule is CCCSNc1ccc(F)c(C(=O)c2c[nH]c3ncc(-c4ccc(N(C)C(C)=NC)cc4)cc23)c1F. The second-order valence-electron chi connectivity index (χ2n) is 8.26. The number of ketones is 1. The Morgan fingerprint density at radius 1 is 1.17 bits per heavy atom. The van der Waals surface area contributed by atoms with Gasteiger partial charge in [-0.3, -0.25) is 9.79 Å². The average molecular weight is 508 g/mol. The van der Waals surface area contributed by atoms with E-state index in [0.717, 1.165) is 40.9 Å². The van der Waals surface area contributed by atoms with Gasteiger partial charge in [-0.05, 0) is 49.2 Å². The lowest BCUT2D eigenvalue weighted by Gasteiger charge is -2.18. The third-order valence-corrected chi connectivity index (χ3v) is 6.96. The maximum atomic E-state index is 15.2. The molecule has 0 radical (unpaired) electrons. The molecule has 0 spiro atoms. The number of benzene rings is 2. The van der Waals surface area contributed by atoms with Crippen LogP contribution >= 0.6 is 11.9 Å². The molecule has 4 aromatic rings. The van der Waals surface area contributed by atoms with Gasteiger partial charge < -0.3 is 14.6 Å². The Hall–Kier alpha value is -3.72. The molecule has 0 saturated carbocycles. The molecule has 0 aliphatic rings. The van der Waals surface area contributed by atoms with Gasteiger partial charge in [-0.25, -0.2) is 13.8 Å². The highest BCUT2D eigenvalue weighted by Gasteiger charge is 2.24. The summed E-state index contributed by atoms with van der Waals surface area (Å²) in [5, 5.41) is 0.491. The summed E-state index contributed by atoms with van der Waals surface area (Å²) in [7, 11) is 3.68. The predicted octanol–water partition coefficient (Wildman–Crippen LogP) is 6.69. The molecule has 0 unspecified atom stereocenters. The maximum Gasteiger partial charge on any atom is 0.201 e. The molecule has 36 heavy (non-hydrogen) atoms. The van der Waals surface area contributed by atoms with Crippen molar-refractivity contribution in [3.8, 4) is 11.1 Å². The number of aromatic amines is 1. The summed E-state index contributed by atoms with van der Waals surface area (Å²) in [5.41, 5.74) is 2.74. The van der Waals surface area contributed by atoms with E-state index in [9.17, 15) is 9.18 Å². The number of fused-ring (bicyclic) bond motifs is 1. The minimum atomic E-state index is -0.910. The third-order valence-electron chi connectivity index (χ3n) is 5.98. The van der Waals surface area contributed by atoms with Crippen molar-refractivity contribution in [2.75, 3.05) is 29.5 Å². The van der Waals surface area contributed by atoms with Crippen molar-refractivity contribution in [3.63, 3.8) is 0 Å². The van der Waals surface area contributed by atoms with E-state index >= 15 is 4.39 Å². The van der Waals surface area contributed by atoms with Crippen LogP contribution in [-0.4, -0.2) is 41.4 Å². The largest absolute Gasteiger partial charge is 0.345 e. The fourth-order valence-corrected chi connectivity index (χ4v) is 4.39. The first kappa shape index (κ1) is 25.4. The molecule has 186 valence electrons. The summed E-state index contributed by atoms with van der Waals surface area (Å²) in [5.74, 6) is -0.935. The number of aliphatic imine (C=N–C) groups is 1.